The quantitative estimate of drug-likeness (QED) is 0.903. The van der Waals surface area contributed by atoms with Gasteiger partial charge in [0.2, 0.25) is 0 Å². The Morgan fingerprint density at radius 3 is 2.70 bits per heavy atom. The third-order valence-electron chi connectivity index (χ3n) is 3.87. The van der Waals surface area contributed by atoms with Crippen LogP contribution in [0.1, 0.15) is 52.6 Å². The second-order valence-electron chi connectivity index (χ2n) is 6.79. The normalized spacial score (nSPS) is 20.9. The lowest BCUT2D eigenvalue weighted by molar-refractivity contribution is 0.0276. The van der Waals surface area contributed by atoms with Crippen LogP contribution in [0.3, 0.4) is 0 Å². The number of fused-ring (bicyclic) bond motifs is 1. The van der Waals surface area contributed by atoms with Gasteiger partial charge in [-0.05, 0) is 32.4 Å². The molecule has 112 valence electrons. The minimum absolute atomic E-state index is 0.199. The summed E-state index contributed by atoms with van der Waals surface area (Å²) in [7, 11) is 0. The van der Waals surface area contributed by atoms with Gasteiger partial charge in [-0.15, -0.1) is 0 Å². The van der Waals surface area contributed by atoms with Crippen molar-refractivity contribution in [2.24, 2.45) is 5.92 Å². The predicted octanol–water partition coefficient (Wildman–Crippen LogP) is 3.97. The highest BCUT2D eigenvalue weighted by molar-refractivity contribution is 5.44. The summed E-state index contributed by atoms with van der Waals surface area (Å²) < 4.78 is 6.04. The van der Waals surface area contributed by atoms with Gasteiger partial charge in [0.1, 0.15) is 17.1 Å². The molecule has 0 saturated carbocycles. The van der Waals surface area contributed by atoms with E-state index in [9.17, 15) is 5.11 Å². The van der Waals surface area contributed by atoms with Crippen molar-refractivity contribution >= 4 is 0 Å². The molecule has 0 spiro atoms. The molecular weight excluding hydrogens is 250 g/mol. The molecule has 0 radical (unpaired) electrons. The number of ether oxygens (including phenoxy) is 1. The van der Waals surface area contributed by atoms with Crippen LogP contribution in [-0.4, -0.2) is 28.7 Å². The number of nitrogens with zero attached hydrogens (tertiary/aromatic N) is 1. The smallest absolute Gasteiger partial charge is 0.128 e. The Bertz CT molecular complexity index is 468. The zero-order valence-corrected chi connectivity index (χ0v) is 13.3. The Kier molecular flexibility index (Phi) is 4.28. The maximum atomic E-state index is 9.69. The van der Waals surface area contributed by atoms with Gasteiger partial charge in [-0.25, -0.2) is 0 Å². The molecule has 3 nitrogen and oxygen atoms in total. The molecule has 0 amide bonds. The van der Waals surface area contributed by atoms with Crippen molar-refractivity contribution in [3.05, 3.63) is 23.8 Å². The molecular formula is C17H27NO2. The molecule has 3 heteroatoms. The largest absolute Gasteiger partial charge is 0.508 e. The molecule has 1 heterocycles. The Balaban J connectivity index is 2.37. The van der Waals surface area contributed by atoms with Gasteiger partial charge < -0.3 is 9.84 Å². The standard InChI is InChI=1S/C17H27NO2/c1-6-18(11-12(2)3)15-10-17(4,5)20-16-9-13(19)7-8-14(15)16/h7-9,12,15,19H,6,10-11H2,1-5H3. The number of aromatic hydroxyl groups is 1. The van der Waals surface area contributed by atoms with Crippen molar-refractivity contribution in [3.63, 3.8) is 0 Å². The minimum atomic E-state index is -0.199. The van der Waals surface area contributed by atoms with E-state index in [0.717, 1.165) is 25.3 Å². The van der Waals surface area contributed by atoms with Crippen LogP contribution in [0.4, 0.5) is 0 Å². The van der Waals surface area contributed by atoms with E-state index in [1.165, 1.54) is 5.56 Å². The first-order chi connectivity index (χ1) is 9.32. The van der Waals surface area contributed by atoms with E-state index >= 15 is 0 Å². The first-order valence-corrected chi connectivity index (χ1v) is 7.58. The van der Waals surface area contributed by atoms with Crippen LogP contribution < -0.4 is 4.74 Å². The molecule has 1 atom stereocenters. The van der Waals surface area contributed by atoms with E-state index in [0.29, 0.717) is 12.0 Å². The Morgan fingerprint density at radius 1 is 1.40 bits per heavy atom. The van der Waals surface area contributed by atoms with E-state index in [4.69, 9.17) is 4.74 Å². The Morgan fingerprint density at radius 2 is 2.10 bits per heavy atom. The lowest BCUT2D eigenvalue weighted by Gasteiger charge is -2.43. The molecule has 0 fully saturated rings. The first-order valence-electron chi connectivity index (χ1n) is 7.58. The van der Waals surface area contributed by atoms with Crippen LogP contribution in [0.15, 0.2) is 18.2 Å². The third-order valence-corrected chi connectivity index (χ3v) is 3.87. The van der Waals surface area contributed by atoms with Gasteiger partial charge in [-0.1, -0.05) is 26.8 Å². The molecule has 1 aliphatic rings. The molecule has 0 aromatic heterocycles. The summed E-state index contributed by atoms with van der Waals surface area (Å²) in [6, 6.07) is 5.87. The van der Waals surface area contributed by atoms with E-state index in [1.54, 1.807) is 12.1 Å². The highest BCUT2D eigenvalue weighted by atomic mass is 16.5. The van der Waals surface area contributed by atoms with E-state index < -0.39 is 0 Å². The Labute approximate surface area is 122 Å². The summed E-state index contributed by atoms with van der Waals surface area (Å²) in [6.45, 7) is 13.1. The number of benzene rings is 1. The number of hydrogen-bond acceptors (Lipinski definition) is 3. The van der Waals surface area contributed by atoms with Crippen molar-refractivity contribution in [1.29, 1.82) is 0 Å². The predicted molar refractivity (Wildman–Crippen MR) is 82.3 cm³/mol. The van der Waals surface area contributed by atoms with Gasteiger partial charge in [0, 0.05) is 30.6 Å². The summed E-state index contributed by atoms with van der Waals surface area (Å²) in [5, 5.41) is 9.69. The van der Waals surface area contributed by atoms with Crippen molar-refractivity contribution in [1.82, 2.24) is 4.90 Å². The Hall–Kier alpha value is -1.22. The topological polar surface area (TPSA) is 32.7 Å². The van der Waals surface area contributed by atoms with Crippen LogP contribution in [0.2, 0.25) is 0 Å². The number of phenols is 1. The molecule has 1 aliphatic heterocycles. The third kappa shape index (κ3) is 3.26. The fourth-order valence-electron chi connectivity index (χ4n) is 3.07. The highest BCUT2D eigenvalue weighted by Crippen LogP contribution is 2.43. The maximum Gasteiger partial charge on any atom is 0.128 e. The lowest BCUT2D eigenvalue weighted by atomic mass is 9.88. The van der Waals surface area contributed by atoms with Crippen molar-refractivity contribution < 1.29 is 9.84 Å². The fourth-order valence-corrected chi connectivity index (χ4v) is 3.07. The van der Waals surface area contributed by atoms with Gasteiger partial charge in [0.05, 0.1) is 0 Å². The average Bonchev–Trinajstić information content (AvgIpc) is 2.33. The fraction of sp³-hybridized carbons (Fsp3) is 0.647. The summed E-state index contributed by atoms with van der Waals surface area (Å²) in [5.41, 5.74) is 1.00. The molecule has 2 rings (SSSR count). The van der Waals surface area contributed by atoms with E-state index in [2.05, 4.69) is 39.5 Å². The summed E-state index contributed by atoms with van der Waals surface area (Å²) >= 11 is 0. The molecule has 1 N–H and O–H groups in total. The van der Waals surface area contributed by atoms with Crippen molar-refractivity contribution in [2.45, 2.75) is 52.7 Å². The number of hydrogen-bond donors (Lipinski definition) is 1. The van der Waals surface area contributed by atoms with Gasteiger partial charge in [0.25, 0.3) is 0 Å². The zero-order chi connectivity index (χ0) is 14.9. The summed E-state index contributed by atoms with van der Waals surface area (Å²) in [5.74, 6) is 1.74. The van der Waals surface area contributed by atoms with Gasteiger partial charge in [-0.3, -0.25) is 4.90 Å². The van der Waals surface area contributed by atoms with Crippen molar-refractivity contribution in [2.75, 3.05) is 13.1 Å². The molecule has 1 aromatic rings. The van der Waals surface area contributed by atoms with Crippen molar-refractivity contribution in [3.8, 4) is 11.5 Å². The van der Waals surface area contributed by atoms with Crippen LogP contribution >= 0.6 is 0 Å². The van der Waals surface area contributed by atoms with Gasteiger partial charge >= 0.3 is 0 Å². The van der Waals surface area contributed by atoms with Crippen LogP contribution in [0.25, 0.3) is 0 Å². The second kappa shape index (κ2) is 5.65. The zero-order valence-electron chi connectivity index (χ0n) is 13.3. The molecule has 1 unspecified atom stereocenters. The molecule has 20 heavy (non-hydrogen) atoms. The lowest BCUT2D eigenvalue weighted by Crippen LogP contribution is -2.42. The SMILES string of the molecule is CCN(CC(C)C)C1CC(C)(C)Oc2cc(O)ccc21. The highest BCUT2D eigenvalue weighted by Gasteiger charge is 2.36. The van der Waals surface area contributed by atoms with E-state index in [1.807, 2.05) is 6.07 Å². The second-order valence-corrected chi connectivity index (χ2v) is 6.79. The van der Waals surface area contributed by atoms with Crippen LogP contribution in [0, 0.1) is 5.92 Å². The van der Waals surface area contributed by atoms with Gasteiger partial charge in [0.15, 0.2) is 0 Å². The number of phenolic OH excluding ortho intramolecular Hbond substituents is 1. The molecule has 0 saturated heterocycles. The van der Waals surface area contributed by atoms with E-state index in [-0.39, 0.29) is 11.4 Å². The molecule has 0 aliphatic carbocycles. The minimum Gasteiger partial charge on any atom is -0.508 e. The molecule has 1 aromatic carbocycles. The first kappa shape index (κ1) is 15.2. The van der Waals surface area contributed by atoms with Crippen LogP contribution in [-0.2, 0) is 0 Å². The van der Waals surface area contributed by atoms with Gasteiger partial charge in [-0.2, -0.15) is 0 Å². The monoisotopic (exact) mass is 277 g/mol. The summed E-state index contributed by atoms with van der Waals surface area (Å²) in [4.78, 5) is 2.52. The number of rotatable bonds is 4. The summed E-state index contributed by atoms with van der Waals surface area (Å²) in [6.07, 6.45) is 0.978. The maximum absolute atomic E-state index is 9.69. The average molecular weight is 277 g/mol. The van der Waals surface area contributed by atoms with Crippen LogP contribution in [0.5, 0.6) is 11.5 Å². The molecule has 0 bridgehead atoms.